The normalized spacial score (nSPS) is 23.8. The lowest BCUT2D eigenvalue weighted by Gasteiger charge is -2.32. The lowest BCUT2D eigenvalue weighted by Crippen LogP contribution is -2.24. The van der Waals surface area contributed by atoms with Gasteiger partial charge >= 0.3 is 0 Å². The van der Waals surface area contributed by atoms with Gasteiger partial charge in [0.2, 0.25) is 0 Å². The number of carbonyl (C=O) groups excluding carboxylic acids is 1. The van der Waals surface area contributed by atoms with Crippen molar-refractivity contribution in [2.45, 2.75) is 46.0 Å². The number of aldehydes is 1. The molecule has 0 radical (unpaired) electrons. The summed E-state index contributed by atoms with van der Waals surface area (Å²) in [6, 6.07) is 0. The maximum atomic E-state index is 10.7. The lowest BCUT2D eigenvalue weighted by molar-refractivity contribution is -0.116. The number of hydrogen-bond donors (Lipinski definition) is 0. The Bertz CT molecular complexity index is 138. The van der Waals surface area contributed by atoms with Gasteiger partial charge in [0.05, 0.1) is 0 Å². The van der Waals surface area contributed by atoms with Crippen molar-refractivity contribution in [2.24, 2.45) is 11.3 Å². The minimum atomic E-state index is -0.0227. The van der Waals surface area contributed by atoms with Crippen molar-refractivity contribution in [1.82, 2.24) is 0 Å². The molecular weight excluding hydrogens is 136 g/mol. The van der Waals surface area contributed by atoms with Crippen LogP contribution in [0.5, 0.6) is 0 Å². The highest BCUT2D eigenvalue weighted by molar-refractivity contribution is 5.58. The molecule has 64 valence electrons. The highest BCUT2D eigenvalue weighted by Gasteiger charge is 2.28. The van der Waals surface area contributed by atoms with Crippen molar-refractivity contribution in [2.75, 3.05) is 0 Å². The highest BCUT2D eigenvalue weighted by Crippen LogP contribution is 2.37. The molecule has 0 aromatic carbocycles. The van der Waals surface area contributed by atoms with E-state index in [9.17, 15) is 4.79 Å². The average Bonchev–Trinajstić information content (AvgIpc) is 1.97. The van der Waals surface area contributed by atoms with Gasteiger partial charge in [0.25, 0.3) is 0 Å². The van der Waals surface area contributed by atoms with Gasteiger partial charge in [-0.25, -0.2) is 0 Å². The fourth-order valence-electron chi connectivity index (χ4n) is 1.63. The second-order valence-corrected chi connectivity index (χ2v) is 4.13. The van der Waals surface area contributed by atoms with Gasteiger partial charge in [-0.2, -0.15) is 0 Å². The zero-order valence-corrected chi connectivity index (χ0v) is 7.60. The van der Waals surface area contributed by atoms with Crippen LogP contribution < -0.4 is 0 Å². The standard InChI is InChI=1S/C10H18O/c1-3-10(2,8-11)7-9-5-4-6-9/h8-9H,3-7H2,1-2H3. The molecule has 11 heavy (non-hydrogen) atoms. The summed E-state index contributed by atoms with van der Waals surface area (Å²) in [5, 5.41) is 0. The molecule has 1 aliphatic rings. The van der Waals surface area contributed by atoms with Crippen LogP contribution in [0.4, 0.5) is 0 Å². The molecule has 1 saturated carbocycles. The van der Waals surface area contributed by atoms with E-state index in [-0.39, 0.29) is 5.41 Å². The first-order valence-corrected chi connectivity index (χ1v) is 4.66. The summed E-state index contributed by atoms with van der Waals surface area (Å²) in [5.74, 6) is 0.852. The van der Waals surface area contributed by atoms with Gasteiger partial charge in [0.15, 0.2) is 0 Å². The molecule has 0 saturated heterocycles. The minimum Gasteiger partial charge on any atom is -0.303 e. The van der Waals surface area contributed by atoms with E-state index in [0.717, 1.165) is 25.0 Å². The Morgan fingerprint density at radius 1 is 1.55 bits per heavy atom. The Kier molecular flexibility index (Phi) is 2.69. The molecular formula is C10H18O. The predicted molar refractivity (Wildman–Crippen MR) is 46.4 cm³/mol. The van der Waals surface area contributed by atoms with Crippen LogP contribution in [0, 0.1) is 11.3 Å². The lowest BCUT2D eigenvalue weighted by atomic mass is 9.72. The molecule has 0 heterocycles. The molecule has 1 rings (SSSR count). The molecule has 0 N–H and O–H groups in total. The van der Waals surface area contributed by atoms with Gasteiger partial charge in [-0.1, -0.05) is 33.1 Å². The summed E-state index contributed by atoms with van der Waals surface area (Å²) < 4.78 is 0. The van der Waals surface area contributed by atoms with E-state index in [4.69, 9.17) is 0 Å². The molecule has 0 aliphatic heterocycles. The van der Waals surface area contributed by atoms with Crippen LogP contribution in [-0.4, -0.2) is 6.29 Å². The SMILES string of the molecule is CCC(C)(C=O)CC1CCC1. The summed E-state index contributed by atoms with van der Waals surface area (Å²) in [6.45, 7) is 4.19. The van der Waals surface area contributed by atoms with Crippen molar-refractivity contribution in [1.29, 1.82) is 0 Å². The average molecular weight is 154 g/mol. The quantitative estimate of drug-likeness (QED) is 0.569. The number of hydrogen-bond acceptors (Lipinski definition) is 1. The van der Waals surface area contributed by atoms with Gasteiger partial charge in [0.1, 0.15) is 6.29 Å². The Labute approximate surface area is 69.2 Å². The molecule has 1 atom stereocenters. The monoisotopic (exact) mass is 154 g/mol. The number of rotatable bonds is 4. The van der Waals surface area contributed by atoms with E-state index in [1.807, 2.05) is 0 Å². The van der Waals surface area contributed by atoms with Crippen LogP contribution in [0.2, 0.25) is 0 Å². The molecule has 0 aromatic rings. The van der Waals surface area contributed by atoms with Crippen molar-refractivity contribution in [3.63, 3.8) is 0 Å². The van der Waals surface area contributed by atoms with Crippen LogP contribution in [0.25, 0.3) is 0 Å². The topological polar surface area (TPSA) is 17.1 Å². The summed E-state index contributed by atoms with van der Waals surface area (Å²) in [5.41, 5.74) is -0.0227. The maximum absolute atomic E-state index is 10.7. The van der Waals surface area contributed by atoms with E-state index in [1.165, 1.54) is 19.3 Å². The van der Waals surface area contributed by atoms with Crippen molar-refractivity contribution in [3.8, 4) is 0 Å². The van der Waals surface area contributed by atoms with Gasteiger partial charge < -0.3 is 4.79 Å². The highest BCUT2D eigenvalue weighted by atomic mass is 16.1. The molecule has 1 heteroatoms. The summed E-state index contributed by atoms with van der Waals surface area (Å²) in [7, 11) is 0. The predicted octanol–water partition coefficient (Wildman–Crippen LogP) is 2.79. The van der Waals surface area contributed by atoms with Crippen LogP contribution in [0.15, 0.2) is 0 Å². The largest absolute Gasteiger partial charge is 0.303 e. The van der Waals surface area contributed by atoms with Crippen LogP contribution in [0.1, 0.15) is 46.0 Å². The molecule has 0 amide bonds. The van der Waals surface area contributed by atoms with E-state index in [1.54, 1.807) is 0 Å². The minimum absolute atomic E-state index is 0.0227. The van der Waals surface area contributed by atoms with Crippen LogP contribution in [0.3, 0.4) is 0 Å². The first-order valence-electron chi connectivity index (χ1n) is 4.66. The second-order valence-electron chi connectivity index (χ2n) is 4.13. The molecule has 1 unspecified atom stereocenters. The van der Waals surface area contributed by atoms with E-state index < -0.39 is 0 Å². The fraction of sp³-hybridized carbons (Fsp3) is 0.900. The van der Waals surface area contributed by atoms with Gasteiger partial charge in [-0.3, -0.25) is 0 Å². The van der Waals surface area contributed by atoms with Crippen molar-refractivity contribution in [3.05, 3.63) is 0 Å². The number of carbonyl (C=O) groups is 1. The Balaban J connectivity index is 2.35. The van der Waals surface area contributed by atoms with Gasteiger partial charge in [-0.15, -0.1) is 0 Å². The molecule has 1 fully saturated rings. The van der Waals surface area contributed by atoms with Crippen LogP contribution in [-0.2, 0) is 4.79 Å². The van der Waals surface area contributed by atoms with Crippen molar-refractivity contribution < 1.29 is 4.79 Å². The summed E-state index contributed by atoms with van der Waals surface area (Å²) >= 11 is 0. The second kappa shape index (κ2) is 3.38. The Morgan fingerprint density at radius 3 is 2.45 bits per heavy atom. The third kappa shape index (κ3) is 2.05. The van der Waals surface area contributed by atoms with E-state index in [0.29, 0.717) is 0 Å². The molecule has 0 spiro atoms. The molecule has 1 nitrogen and oxygen atoms in total. The van der Waals surface area contributed by atoms with E-state index in [2.05, 4.69) is 13.8 Å². The van der Waals surface area contributed by atoms with Crippen LogP contribution >= 0.6 is 0 Å². The maximum Gasteiger partial charge on any atom is 0.125 e. The Hall–Kier alpha value is -0.330. The third-order valence-electron chi connectivity index (χ3n) is 3.07. The fourth-order valence-corrected chi connectivity index (χ4v) is 1.63. The smallest absolute Gasteiger partial charge is 0.125 e. The van der Waals surface area contributed by atoms with Gasteiger partial charge in [-0.05, 0) is 18.8 Å². The first-order chi connectivity index (χ1) is 5.20. The summed E-state index contributed by atoms with van der Waals surface area (Å²) in [6.07, 6.45) is 7.33. The van der Waals surface area contributed by atoms with Gasteiger partial charge in [0, 0.05) is 5.41 Å². The zero-order valence-electron chi connectivity index (χ0n) is 7.60. The molecule has 0 bridgehead atoms. The summed E-state index contributed by atoms with van der Waals surface area (Å²) in [4.78, 5) is 10.7. The molecule has 0 aromatic heterocycles. The molecule has 1 aliphatic carbocycles. The van der Waals surface area contributed by atoms with E-state index >= 15 is 0 Å². The third-order valence-corrected chi connectivity index (χ3v) is 3.07. The Morgan fingerprint density at radius 2 is 2.18 bits per heavy atom. The first kappa shape index (κ1) is 8.76. The zero-order chi connectivity index (χ0) is 8.32. The van der Waals surface area contributed by atoms with Crippen molar-refractivity contribution >= 4 is 6.29 Å².